The molecule has 0 radical (unpaired) electrons. The molecular weight excluding hydrogens is 268 g/mol. The minimum absolute atomic E-state index is 0.142. The normalized spacial score (nSPS) is 24.2. The summed E-state index contributed by atoms with van der Waals surface area (Å²) < 4.78 is 31.5. The molecular formula is C9H17ClN2O4S. The summed E-state index contributed by atoms with van der Waals surface area (Å²) in [7, 11) is -3.83. The molecule has 1 saturated carbocycles. The van der Waals surface area contributed by atoms with Crippen LogP contribution in [0.25, 0.3) is 0 Å². The van der Waals surface area contributed by atoms with E-state index in [1.165, 1.54) is 0 Å². The van der Waals surface area contributed by atoms with Crippen LogP contribution in [-0.2, 0) is 14.9 Å². The fourth-order valence-corrected chi connectivity index (χ4v) is 2.73. The highest BCUT2D eigenvalue weighted by molar-refractivity contribution is 7.88. The van der Waals surface area contributed by atoms with Crippen LogP contribution in [0.1, 0.15) is 26.7 Å². The molecule has 0 atom stereocenters. The Balaban J connectivity index is 2.28. The number of hydrogen-bond acceptors (Lipinski definition) is 4. The van der Waals surface area contributed by atoms with Gasteiger partial charge in [-0.25, -0.2) is 9.52 Å². The van der Waals surface area contributed by atoms with Gasteiger partial charge in [0.05, 0.1) is 6.10 Å². The molecule has 2 N–H and O–H groups in total. The van der Waals surface area contributed by atoms with Crippen LogP contribution in [0, 0.1) is 5.92 Å². The smallest absolute Gasteiger partial charge is 0.422 e. The Morgan fingerprint density at radius 2 is 2.06 bits per heavy atom. The Kier molecular flexibility index (Phi) is 5.03. The topological polar surface area (TPSA) is 84.5 Å². The molecule has 0 unspecified atom stereocenters. The number of carbonyl (C=O) groups is 1. The predicted octanol–water partition coefficient (Wildman–Crippen LogP) is 0.973. The van der Waals surface area contributed by atoms with Gasteiger partial charge in [-0.3, -0.25) is 0 Å². The standard InChI is InChI=1S/C9H17ClN2O4S/c1-6(2)16-9(13)12-17(14,15)11-5-7-3-8(10)4-7/h6-8,11H,3-5H2,1-2H3,(H,12,13). The van der Waals surface area contributed by atoms with E-state index in [-0.39, 0.29) is 23.9 Å². The maximum atomic E-state index is 11.4. The largest absolute Gasteiger partial charge is 0.446 e. The average Bonchev–Trinajstić information content (AvgIpc) is 2.07. The summed E-state index contributed by atoms with van der Waals surface area (Å²) in [5.41, 5.74) is 0. The molecule has 0 aromatic rings. The van der Waals surface area contributed by atoms with Gasteiger partial charge in [-0.15, -0.1) is 11.6 Å². The van der Waals surface area contributed by atoms with Crippen LogP contribution in [0.2, 0.25) is 0 Å². The van der Waals surface area contributed by atoms with Gasteiger partial charge in [-0.05, 0) is 32.6 Å². The fraction of sp³-hybridized carbons (Fsp3) is 0.889. The lowest BCUT2D eigenvalue weighted by Gasteiger charge is -2.30. The van der Waals surface area contributed by atoms with Gasteiger partial charge in [0, 0.05) is 11.9 Å². The summed E-state index contributed by atoms with van der Waals surface area (Å²) in [5.74, 6) is 0.246. The number of alkyl halides is 1. The van der Waals surface area contributed by atoms with Crippen LogP contribution in [0.5, 0.6) is 0 Å². The van der Waals surface area contributed by atoms with E-state index >= 15 is 0 Å². The average molecular weight is 285 g/mol. The van der Waals surface area contributed by atoms with Gasteiger partial charge in [-0.2, -0.15) is 13.1 Å². The Morgan fingerprint density at radius 3 is 2.53 bits per heavy atom. The first-order valence-corrected chi connectivity index (χ1v) is 7.32. The van der Waals surface area contributed by atoms with E-state index < -0.39 is 16.3 Å². The van der Waals surface area contributed by atoms with Crippen molar-refractivity contribution in [1.29, 1.82) is 0 Å². The molecule has 0 saturated heterocycles. The van der Waals surface area contributed by atoms with Gasteiger partial charge in [0.15, 0.2) is 0 Å². The molecule has 0 spiro atoms. The lowest BCUT2D eigenvalue weighted by atomic mass is 9.85. The number of hydrogen-bond donors (Lipinski definition) is 2. The zero-order valence-electron chi connectivity index (χ0n) is 9.77. The predicted molar refractivity (Wildman–Crippen MR) is 64.0 cm³/mol. The second-order valence-electron chi connectivity index (χ2n) is 4.34. The first-order valence-electron chi connectivity index (χ1n) is 5.40. The molecule has 1 amide bonds. The van der Waals surface area contributed by atoms with Crippen LogP contribution in [0.15, 0.2) is 0 Å². The Labute approximate surface area is 106 Å². The molecule has 8 heteroatoms. The summed E-state index contributed by atoms with van der Waals surface area (Å²) in [4.78, 5) is 11.1. The minimum Gasteiger partial charge on any atom is -0.446 e. The van der Waals surface area contributed by atoms with Crippen molar-refractivity contribution < 1.29 is 17.9 Å². The molecule has 0 aliphatic heterocycles. The number of amides is 1. The van der Waals surface area contributed by atoms with E-state index in [2.05, 4.69) is 9.46 Å². The van der Waals surface area contributed by atoms with E-state index in [0.717, 1.165) is 12.8 Å². The van der Waals surface area contributed by atoms with Crippen molar-refractivity contribution in [2.75, 3.05) is 6.54 Å². The molecule has 0 aromatic carbocycles. The molecule has 0 bridgehead atoms. The van der Waals surface area contributed by atoms with Crippen molar-refractivity contribution in [3.05, 3.63) is 0 Å². The monoisotopic (exact) mass is 284 g/mol. The van der Waals surface area contributed by atoms with Crippen molar-refractivity contribution in [2.24, 2.45) is 5.92 Å². The number of nitrogens with one attached hydrogen (secondary N) is 2. The molecule has 1 aliphatic carbocycles. The number of carbonyl (C=O) groups excluding carboxylic acids is 1. The Hall–Kier alpha value is -0.530. The third-order valence-electron chi connectivity index (χ3n) is 2.30. The number of ether oxygens (including phenoxy) is 1. The molecule has 6 nitrogen and oxygen atoms in total. The molecule has 1 rings (SSSR count). The highest BCUT2D eigenvalue weighted by Crippen LogP contribution is 2.31. The van der Waals surface area contributed by atoms with Gasteiger partial charge < -0.3 is 4.74 Å². The summed E-state index contributed by atoms with van der Waals surface area (Å²) in [6.07, 6.45) is 0.242. The van der Waals surface area contributed by atoms with Crippen LogP contribution in [0.3, 0.4) is 0 Å². The molecule has 0 heterocycles. The highest BCUT2D eigenvalue weighted by atomic mass is 35.5. The summed E-state index contributed by atoms with van der Waals surface area (Å²) in [5, 5.41) is 0.142. The summed E-state index contributed by atoms with van der Waals surface area (Å²) in [6.45, 7) is 3.55. The molecule has 1 fully saturated rings. The van der Waals surface area contributed by atoms with Crippen LogP contribution in [0.4, 0.5) is 4.79 Å². The minimum atomic E-state index is -3.83. The van der Waals surface area contributed by atoms with Crippen LogP contribution in [-0.4, -0.2) is 32.5 Å². The van der Waals surface area contributed by atoms with Gasteiger partial charge in [-0.1, -0.05) is 0 Å². The molecule has 17 heavy (non-hydrogen) atoms. The van der Waals surface area contributed by atoms with Crippen molar-refractivity contribution in [1.82, 2.24) is 9.44 Å². The zero-order valence-corrected chi connectivity index (χ0v) is 11.3. The van der Waals surface area contributed by atoms with Gasteiger partial charge in [0.1, 0.15) is 0 Å². The lowest BCUT2D eigenvalue weighted by molar-refractivity contribution is 0.121. The maximum absolute atomic E-state index is 11.4. The van der Waals surface area contributed by atoms with Gasteiger partial charge >= 0.3 is 16.3 Å². The first-order chi connectivity index (χ1) is 7.78. The van der Waals surface area contributed by atoms with Crippen LogP contribution >= 0.6 is 11.6 Å². The summed E-state index contributed by atoms with van der Waals surface area (Å²) >= 11 is 5.77. The van der Waals surface area contributed by atoms with Crippen molar-refractivity contribution in [3.63, 3.8) is 0 Å². The quantitative estimate of drug-likeness (QED) is 0.737. The lowest BCUT2D eigenvalue weighted by Crippen LogP contribution is -2.44. The zero-order chi connectivity index (χ0) is 13.1. The second-order valence-corrected chi connectivity index (χ2v) is 6.46. The Morgan fingerprint density at radius 1 is 1.47 bits per heavy atom. The van der Waals surface area contributed by atoms with Gasteiger partial charge in [0.2, 0.25) is 0 Å². The van der Waals surface area contributed by atoms with Crippen molar-refractivity contribution in [2.45, 2.75) is 38.2 Å². The Bertz CT molecular complexity index is 365. The second kappa shape index (κ2) is 5.88. The molecule has 100 valence electrons. The first kappa shape index (κ1) is 14.5. The van der Waals surface area contributed by atoms with E-state index in [4.69, 9.17) is 11.6 Å². The molecule has 1 aliphatic rings. The number of rotatable bonds is 5. The van der Waals surface area contributed by atoms with Crippen molar-refractivity contribution >= 4 is 27.9 Å². The van der Waals surface area contributed by atoms with Gasteiger partial charge in [0.25, 0.3) is 0 Å². The summed E-state index contributed by atoms with van der Waals surface area (Å²) in [6, 6.07) is 0. The number of halogens is 1. The van der Waals surface area contributed by atoms with E-state index in [1.54, 1.807) is 18.6 Å². The third-order valence-corrected chi connectivity index (χ3v) is 3.64. The molecule has 0 aromatic heterocycles. The SMILES string of the molecule is CC(C)OC(=O)NS(=O)(=O)NCC1CC(Cl)C1. The fourth-order valence-electron chi connectivity index (χ4n) is 1.43. The highest BCUT2D eigenvalue weighted by Gasteiger charge is 2.28. The van der Waals surface area contributed by atoms with Crippen molar-refractivity contribution in [3.8, 4) is 0 Å². The van der Waals surface area contributed by atoms with Crippen LogP contribution < -0.4 is 9.44 Å². The third kappa shape index (κ3) is 5.56. The van der Waals surface area contributed by atoms with E-state index in [9.17, 15) is 13.2 Å². The maximum Gasteiger partial charge on any atom is 0.422 e. The van der Waals surface area contributed by atoms with E-state index in [0.29, 0.717) is 0 Å². The van der Waals surface area contributed by atoms with E-state index in [1.807, 2.05) is 0 Å².